The quantitative estimate of drug-likeness (QED) is 0.518. The molecule has 2 aromatic heterocycles. The minimum atomic E-state index is -1.24. The number of para-hydroxylation sites is 1. The monoisotopic (exact) mass is 407 g/mol. The van der Waals surface area contributed by atoms with Gasteiger partial charge in [0.15, 0.2) is 5.69 Å². The Bertz CT molecular complexity index is 1300. The van der Waals surface area contributed by atoms with Crippen molar-refractivity contribution in [1.29, 1.82) is 0 Å². The fraction of sp³-hybridized carbons (Fsp3) is 0.0476. The fourth-order valence-electron chi connectivity index (χ4n) is 3.30. The van der Waals surface area contributed by atoms with Crippen LogP contribution in [0, 0.1) is 6.92 Å². The van der Waals surface area contributed by atoms with E-state index in [1.54, 1.807) is 55.5 Å². The van der Waals surface area contributed by atoms with Crippen LogP contribution in [0.25, 0.3) is 27.8 Å². The van der Waals surface area contributed by atoms with Crippen molar-refractivity contribution >= 4 is 34.4 Å². The Labute approximate surface area is 169 Å². The molecular weight excluding hydrogens is 394 g/mol. The lowest BCUT2D eigenvalue weighted by Crippen LogP contribution is -2.03. The normalized spacial score (nSPS) is 11.0. The Balaban J connectivity index is 2.03. The predicted molar refractivity (Wildman–Crippen MR) is 108 cm³/mol. The molecular formula is C21H14ClN3O4. The maximum Gasteiger partial charge on any atom is 0.357 e. The van der Waals surface area contributed by atoms with E-state index in [2.05, 4.69) is 10.1 Å². The van der Waals surface area contributed by atoms with Crippen LogP contribution in [0.1, 0.15) is 26.5 Å². The van der Waals surface area contributed by atoms with Gasteiger partial charge < -0.3 is 10.2 Å². The number of rotatable bonds is 4. The molecule has 0 aliphatic rings. The number of hydrogen-bond donors (Lipinski definition) is 2. The van der Waals surface area contributed by atoms with Crippen molar-refractivity contribution in [3.63, 3.8) is 0 Å². The minimum absolute atomic E-state index is 0.0387. The highest BCUT2D eigenvalue weighted by molar-refractivity contribution is 6.30. The van der Waals surface area contributed by atoms with E-state index < -0.39 is 11.9 Å². The van der Waals surface area contributed by atoms with E-state index in [0.717, 1.165) is 0 Å². The Hall–Kier alpha value is -3.71. The van der Waals surface area contributed by atoms with Gasteiger partial charge in [0.1, 0.15) is 0 Å². The van der Waals surface area contributed by atoms with Gasteiger partial charge in [-0.3, -0.25) is 0 Å². The molecule has 0 saturated carbocycles. The van der Waals surface area contributed by atoms with Gasteiger partial charge in [-0.25, -0.2) is 19.3 Å². The highest BCUT2D eigenvalue weighted by Gasteiger charge is 2.25. The molecule has 7 nitrogen and oxygen atoms in total. The van der Waals surface area contributed by atoms with E-state index in [9.17, 15) is 19.8 Å². The number of carboxylic acid groups (broad SMARTS) is 2. The van der Waals surface area contributed by atoms with Gasteiger partial charge in [-0.2, -0.15) is 5.10 Å². The van der Waals surface area contributed by atoms with Crippen molar-refractivity contribution in [2.24, 2.45) is 0 Å². The number of fused-ring (bicyclic) bond motifs is 1. The molecule has 0 unspecified atom stereocenters. The molecule has 0 bridgehead atoms. The first-order valence-corrected chi connectivity index (χ1v) is 8.97. The second-order valence-electron chi connectivity index (χ2n) is 6.38. The summed E-state index contributed by atoms with van der Waals surface area (Å²) in [6, 6.07) is 15.0. The number of halogens is 1. The summed E-state index contributed by atoms with van der Waals surface area (Å²) in [6.07, 6.45) is 0. The van der Waals surface area contributed by atoms with Crippen LogP contribution >= 0.6 is 11.6 Å². The third-order valence-electron chi connectivity index (χ3n) is 4.57. The topological polar surface area (TPSA) is 105 Å². The minimum Gasteiger partial charge on any atom is -0.478 e. The maximum absolute atomic E-state index is 11.9. The van der Waals surface area contributed by atoms with Crippen molar-refractivity contribution in [2.45, 2.75) is 6.92 Å². The van der Waals surface area contributed by atoms with E-state index in [4.69, 9.17) is 11.6 Å². The average molecular weight is 408 g/mol. The lowest BCUT2D eigenvalue weighted by molar-refractivity contribution is 0.0684. The number of carbonyl (C=O) groups is 2. The first-order valence-electron chi connectivity index (χ1n) is 8.59. The third-order valence-corrected chi connectivity index (χ3v) is 4.81. The largest absolute Gasteiger partial charge is 0.478 e. The third kappa shape index (κ3) is 3.21. The van der Waals surface area contributed by atoms with Crippen molar-refractivity contribution in [2.75, 3.05) is 0 Å². The van der Waals surface area contributed by atoms with Gasteiger partial charge in [-0.1, -0.05) is 35.9 Å². The van der Waals surface area contributed by atoms with Crippen LogP contribution in [0.3, 0.4) is 0 Å². The smallest absolute Gasteiger partial charge is 0.357 e. The molecule has 0 amide bonds. The predicted octanol–water partition coefficient (Wildman–Crippen LogP) is 4.45. The molecule has 0 radical (unpaired) electrons. The molecule has 2 aromatic carbocycles. The highest BCUT2D eigenvalue weighted by Crippen LogP contribution is 2.31. The molecule has 0 spiro atoms. The van der Waals surface area contributed by atoms with E-state index in [-0.39, 0.29) is 22.5 Å². The fourth-order valence-corrected chi connectivity index (χ4v) is 3.48. The van der Waals surface area contributed by atoms with E-state index >= 15 is 0 Å². The van der Waals surface area contributed by atoms with E-state index in [1.165, 1.54) is 10.7 Å². The summed E-state index contributed by atoms with van der Waals surface area (Å²) in [6.45, 7) is 1.70. The molecule has 144 valence electrons. The van der Waals surface area contributed by atoms with E-state index in [0.29, 0.717) is 27.3 Å². The zero-order valence-electron chi connectivity index (χ0n) is 15.1. The van der Waals surface area contributed by atoms with Crippen LogP contribution < -0.4 is 0 Å². The van der Waals surface area contributed by atoms with Gasteiger partial charge in [0.05, 0.1) is 33.7 Å². The molecule has 2 N–H and O–H groups in total. The number of aromatic nitrogens is 3. The molecule has 0 saturated heterocycles. The van der Waals surface area contributed by atoms with Gasteiger partial charge in [-0.15, -0.1) is 0 Å². The SMILES string of the molecule is Cc1c(-c2cc(C(=O)O)c3ccccc3n2)c(C(=O)O)nn1-c1cccc(Cl)c1. The van der Waals surface area contributed by atoms with Gasteiger partial charge in [0.2, 0.25) is 0 Å². The van der Waals surface area contributed by atoms with Crippen molar-refractivity contribution < 1.29 is 19.8 Å². The number of benzene rings is 2. The van der Waals surface area contributed by atoms with E-state index in [1.807, 2.05) is 0 Å². The summed E-state index contributed by atoms with van der Waals surface area (Å²) >= 11 is 6.06. The summed E-state index contributed by atoms with van der Waals surface area (Å²) in [7, 11) is 0. The van der Waals surface area contributed by atoms with Crippen LogP contribution in [0.2, 0.25) is 5.02 Å². The number of pyridine rings is 1. The standard InChI is InChI=1S/C21H14ClN3O4/c1-11-18(17-10-15(20(26)27)14-7-2-3-8-16(14)23-17)19(21(28)29)24-25(11)13-6-4-5-12(22)9-13/h2-10H,1H3,(H,26,27)(H,28,29). The van der Waals surface area contributed by atoms with Crippen molar-refractivity contribution in [1.82, 2.24) is 14.8 Å². The summed E-state index contributed by atoms with van der Waals surface area (Å²) in [5.41, 5.74) is 1.84. The number of aromatic carboxylic acids is 2. The highest BCUT2D eigenvalue weighted by atomic mass is 35.5. The van der Waals surface area contributed by atoms with Crippen LogP contribution in [0.15, 0.2) is 54.6 Å². The van der Waals surface area contributed by atoms with Crippen LogP contribution in [-0.4, -0.2) is 36.9 Å². The Morgan fingerprint density at radius 3 is 2.45 bits per heavy atom. The van der Waals surface area contributed by atoms with Crippen LogP contribution in [0.4, 0.5) is 0 Å². The molecule has 4 aromatic rings. The molecule has 2 heterocycles. The number of carboxylic acids is 2. The molecule has 0 aliphatic heterocycles. The van der Waals surface area contributed by atoms with Crippen LogP contribution in [-0.2, 0) is 0 Å². The second-order valence-corrected chi connectivity index (χ2v) is 6.82. The molecule has 8 heteroatoms. The summed E-state index contributed by atoms with van der Waals surface area (Å²) < 4.78 is 1.46. The van der Waals surface area contributed by atoms with Gasteiger partial charge in [0, 0.05) is 10.4 Å². The van der Waals surface area contributed by atoms with Gasteiger partial charge in [0.25, 0.3) is 0 Å². The first-order chi connectivity index (χ1) is 13.9. The summed E-state index contributed by atoms with van der Waals surface area (Å²) in [5, 5.41) is 24.5. The van der Waals surface area contributed by atoms with Gasteiger partial charge >= 0.3 is 11.9 Å². The first kappa shape index (κ1) is 18.6. The second kappa shape index (κ2) is 7.03. The Morgan fingerprint density at radius 2 is 1.76 bits per heavy atom. The molecule has 29 heavy (non-hydrogen) atoms. The average Bonchev–Trinajstić information content (AvgIpc) is 3.04. The number of nitrogens with zero attached hydrogens (tertiary/aromatic N) is 3. The molecule has 4 rings (SSSR count). The maximum atomic E-state index is 11.9. The summed E-state index contributed by atoms with van der Waals surface area (Å²) in [5.74, 6) is -2.36. The molecule has 0 fully saturated rings. The van der Waals surface area contributed by atoms with Crippen LogP contribution in [0.5, 0.6) is 0 Å². The Morgan fingerprint density at radius 1 is 1.00 bits per heavy atom. The summed E-state index contributed by atoms with van der Waals surface area (Å²) in [4.78, 5) is 28.2. The van der Waals surface area contributed by atoms with Crippen molar-refractivity contribution in [3.05, 3.63) is 76.6 Å². The lowest BCUT2D eigenvalue weighted by Gasteiger charge is -2.08. The Kier molecular flexibility index (Phi) is 4.52. The van der Waals surface area contributed by atoms with Crippen molar-refractivity contribution in [3.8, 4) is 16.9 Å². The lowest BCUT2D eigenvalue weighted by atomic mass is 10.0. The molecule has 0 atom stereocenters. The number of hydrogen-bond acceptors (Lipinski definition) is 4. The van der Waals surface area contributed by atoms with Gasteiger partial charge in [-0.05, 0) is 37.3 Å². The zero-order chi connectivity index (χ0) is 20.7. The zero-order valence-corrected chi connectivity index (χ0v) is 15.9. The molecule has 0 aliphatic carbocycles.